The van der Waals surface area contributed by atoms with Crippen LogP contribution in [0.2, 0.25) is 0 Å². The molecule has 16 atom stereocenters. The first-order chi connectivity index (χ1) is 17.0. The Hall–Kier alpha value is -0.600. The molecule has 0 radical (unpaired) electrons. The summed E-state index contributed by atoms with van der Waals surface area (Å²) in [5, 5.41) is 53.8. The lowest BCUT2D eigenvalue weighted by Crippen LogP contribution is -2.66. The molecule has 3 heterocycles. The normalized spacial score (nSPS) is 54.2. The molecule has 15 nitrogen and oxygen atoms in total. The van der Waals surface area contributed by atoms with Crippen LogP contribution in [0.1, 0.15) is 19.3 Å². The molecule has 210 valence electrons. The Morgan fingerprint density at radius 2 is 1.39 bits per heavy atom. The number of hydrogen-bond acceptors (Lipinski definition) is 15. The van der Waals surface area contributed by atoms with E-state index in [-0.39, 0.29) is 6.42 Å². The second-order valence-corrected chi connectivity index (χ2v) is 10.2. The molecule has 3 aliphatic heterocycles. The zero-order valence-electron chi connectivity index (χ0n) is 20.2. The van der Waals surface area contributed by atoms with Crippen molar-refractivity contribution in [3.05, 3.63) is 0 Å². The van der Waals surface area contributed by atoms with Gasteiger partial charge >= 0.3 is 0 Å². The van der Waals surface area contributed by atoms with Gasteiger partial charge in [-0.25, -0.2) is 0 Å². The molecule has 1 saturated carbocycles. The fourth-order valence-corrected chi connectivity index (χ4v) is 5.37. The molecule has 0 bridgehead atoms. The second kappa shape index (κ2) is 11.6. The van der Waals surface area contributed by atoms with E-state index in [1.807, 2.05) is 0 Å². The van der Waals surface area contributed by atoms with Gasteiger partial charge in [-0.3, -0.25) is 0 Å². The van der Waals surface area contributed by atoms with Gasteiger partial charge in [0.1, 0.15) is 30.5 Å². The van der Waals surface area contributed by atoms with Crippen molar-refractivity contribution in [2.24, 2.45) is 22.9 Å². The van der Waals surface area contributed by atoms with Gasteiger partial charge < -0.3 is 77.5 Å². The Balaban J connectivity index is 1.39. The highest BCUT2D eigenvalue weighted by Crippen LogP contribution is 2.35. The van der Waals surface area contributed by atoms with Gasteiger partial charge in [0.25, 0.3) is 0 Å². The van der Waals surface area contributed by atoms with E-state index in [2.05, 4.69) is 5.32 Å². The summed E-state index contributed by atoms with van der Waals surface area (Å²) < 4.78 is 29.6. The van der Waals surface area contributed by atoms with Gasteiger partial charge in [-0.2, -0.15) is 0 Å². The highest BCUT2D eigenvalue weighted by Gasteiger charge is 2.50. The van der Waals surface area contributed by atoms with Crippen LogP contribution in [0.15, 0.2) is 0 Å². The molecule has 0 amide bonds. The largest absolute Gasteiger partial charge is 0.394 e. The van der Waals surface area contributed by atoms with Gasteiger partial charge in [-0.05, 0) is 26.3 Å². The Morgan fingerprint density at radius 1 is 0.722 bits per heavy atom. The van der Waals surface area contributed by atoms with Crippen molar-refractivity contribution in [2.45, 2.75) is 117 Å². The molecule has 4 fully saturated rings. The Labute approximate surface area is 208 Å². The molecule has 4 rings (SSSR count). The van der Waals surface area contributed by atoms with E-state index in [0.717, 1.165) is 0 Å². The van der Waals surface area contributed by atoms with Crippen molar-refractivity contribution in [2.75, 3.05) is 13.7 Å². The molecular weight excluding hydrogens is 482 g/mol. The highest BCUT2D eigenvalue weighted by molar-refractivity contribution is 4.99. The van der Waals surface area contributed by atoms with Crippen LogP contribution in [-0.2, 0) is 23.7 Å². The lowest BCUT2D eigenvalue weighted by molar-refractivity contribution is -0.360. The van der Waals surface area contributed by atoms with Crippen molar-refractivity contribution >= 4 is 0 Å². The van der Waals surface area contributed by atoms with Crippen LogP contribution in [-0.4, -0.2) is 137 Å². The van der Waals surface area contributed by atoms with Crippen LogP contribution >= 0.6 is 0 Å². The minimum absolute atomic E-state index is 0.271. The number of likely N-dealkylation sites (N-methyl/N-ethyl adjacent to an activating group) is 1. The standard InChI is InChI=1S/C21H41N5O10/c1-26-9-4-11-10(33-20(9)36-21-17(31)15(29)13(25)12(5-27)34-21)3-8(24)19(32-11)35-18-7(23)2-6(22)14(28)16(18)30/h6-21,26-31H,2-5,22-25H2,1H3/t6-,7?,8?,9?,10+,11?,12?,13-,14?,15+,16-,17?,18-,19-,20?,21-/m1/s1. The molecule has 0 spiro atoms. The third-order valence-electron chi connectivity index (χ3n) is 7.66. The van der Waals surface area contributed by atoms with E-state index in [0.29, 0.717) is 12.8 Å². The number of rotatable bonds is 6. The zero-order valence-corrected chi connectivity index (χ0v) is 20.2. The van der Waals surface area contributed by atoms with Crippen LogP contribution in [0.3, 0.4) is 0 Å². The zero-order chi connectivity index (χ0) is 26.3. The van der Waals surface area contributed by atoms with Crippen LogP contribution in [0.5, 0.6) is 0 Å². The smallest absolute Gasteiger partial charge is 0.189 e. The summed E-state index contributed by atoms with van der Waals surface area (Å²) in [6.45, 7) is -0.455. The van der Waals surface area contributed by atoms with E-state index < -0.39 is 105 Å². The van der Waals surface area contributed by atoms with E-state index in [4.69, 9.17) is 46.6 Å². The molecule has 15 heteroatoms. The van der Waals surface area contributed by atoms with Crippen LogP contribution < -0.4 is 28.3 Å². The monoisotopic (exact) mass is 523 g/mol. The van der Waals surface area contributed by atoms with E-state index in [9.17, 15) is 25.5 Å². The number of aliphatic hydroxyl groups excluding tert-OH is 5. The summed E-state index contributed by atoms with van der Waals surface area (Å²) in [5.41, 5.74) is 24.1. The first kappa shape index (κ1) is 28.4. The first-order valence-electron chi connectivity index (χ1n) is 12.4. The molecule has 4 aliphatic rings. The average molecular weight is 524 g/mol. The number of fused-ring (bicyclic) bond motifs is 1. The topological polar surface area (TPSA) is 263 Å². The van der Waals surface area contributed by atoms with Crippen molar-refractivity contribution in [3.8, 4) is 0 Å². The highest BCUT2D eigenvalue weighted by atomic mass is 16.8. The minimum atomic E-state index is -1.45. The minimum Gasteiger partial charge on any atom is -0.394 e. The summed E-state index contributed by atoms with van der Waals surface area (Å²) in [4.78, 5) is 0. The predicted octanol–water partition coefficient (Wildman–Crippen LogP) is -5.92. The van der Waals surface area contributed by atoms with Gasteiger partial charge in [0, 0.05) is 12.1 Å². The number of aliphatic hydroxyl groups is 5. The van der Waals surface area contributed by atoms with Crippen LogP contribution in [0.25, 0.3) is 0 Å². The molecule has 3 saturated heterocycles. The van der Waals surface area contributed by atoms with Crippen LogP contribution in [0, 0.1) is 0 Å². The lowest BCUT2D eigenvalue weighted by atomic mass is 9.84. The Morgan fingerprint density at radius 3 is 2.06 bits per heavy atom. The van der Waals surface area contributed by atoms with Crippen molar-refractivity contribution in [1.29, 1.82) is 0 Å². The SMILES string of the molecule is CNC1CC2O[C@H](O[C@@H]3C(N)C[C@@H](N)C(O)[C@H]3O)C(N)C[C@@H]2OC1O[C@H]1OC(CO)[C@@H](N)[C@H](O)C1O. The summed E-state index contributed by atoms with van der Waals surface area (Å²) in [6, 6.07) is -3.28. The molecule has 0 aromatic carbocycles. The molecule has 8 unspecified atom stereocenters. The van der Waals surface area contributed by atoms with Gasteiger partial charge in [-0.15, -0.1) is 0 Å². The van der Waals surface area contributed by atoms with Gasteiger partial charge in [-0.1, -0.05) is 0 Å². The third-order valence-corrected chi connectivity index (χ3v) is 7.66. The molecule has 1 aliphatic carbocycles. The summed E-state index contributed by atoms with van der Waals surface area (Å²) in [6.07, 6.45) is -10.1. The predicted molar refractivity (Wildman–Crippen MR) is 122 cm³/mol. The maximum Gasteiger partial charge on any atom is 0.189 e. The Bertz CT molecular complexity index is 727. The average Bonchev–Trinajstić information content (AvgIpc) is 2.85. The van der Waals surface area contributed by atoms with E-state index in [1.165, 1.54) is 0 Å². The molecule has 36 heavy (non-hydrogen) atoms. The number of nitrogens with two attached hydrogens (primary N) is 4. The third kappa shape index (κ3) is 5.56. The van der Waals surface area contributed by atoms with Crippen molar-refractivity contribution < 1.29 is 49.2 Å². The molecule has 14 N–H and O–H groups in total. The van der Waals surface area contributed by atoms with E-state index >= 15 is 0 Å². The van der Waals surface area contributed by atoms with Gasteiger partial charge in [0.15, 0.2) is 18.9 Å². The maximum atomic E-state index is 10.4. The van der Waals surface area contributed by atoms with Gasteiger partial charge in [0.2, 0.25) is 0 Å². The first-order valence-corrected chi connectivity index (χ1v) is 12.4. The van der Waals surface area contributed by atoms with Crippen molar-refractivity contribution in [1.82, 2.24) is 5.32 Å². The van der Waals surface area contributed by atoms with Crippen LogP contribution in [0.4, 0.5) is 0 Å². The number of hydrogen-bond donors (Lipinski definition) is 10. The molecule has 0 aromatic heterocycles. The maximum absolute atomic E-state index is 10.4. The fraction of sp³-hybridized carbons (Fsp3) is 1.00. The summed E-state index contributed by atoms with van der Waals surface area (Å²) >= 11 is 0. The summed E-state index contributed by atoms with van der Waals surface area (Å²) in [7, 11) is 1.70. The molecular formula is C21H41N5O10. The quantitative estimate of drug-likeness (QED) is 0.155. The molecule has 0 aromatic rings. The van der Waals surface area contributed by atoms with Gasteiger partial charge in [0.05, 0.1) is 43.0 Å². The fourth-order valence-electron chi connectivity index (χ4n) is 5.37. The second-order valence-electron chi connectivity index (χ2n) is 10.2. The number of ether oxygens (including phenoxy) is 5. The lowest BCUT2D eigenvalue weighted by Gasteiger charge is -2.49. The summed E-state index contributed by atoms with van der Waals surface area (Å²) in [5.74, 6) is 0. The van der Waals surface area contributed by atoms with E-state index in [1.54, 1.807) is 7.05 Å². The van der Waals surface area contributed by atoms with Crippen molar-refractivity contribution in [3.63, 3.8) is 0 Å². The Kier molecular flexibility index (Phi) is 9.19. The number of nitrogens with one attached hydrogen (secondary N) is 1.